The molecule has 0 aliphatic heterocycles. The molecule has 83 heavy (non-hydrogen) atoms. The Morgan fingerprint density at radius 1 is 0.193 bits per heavy atom. The lowest BCUT2D eigenvalue weighted by atomic mass is 10.0. The Morgan fingerprint density at radius 2 is 0.554 bits per heavy atom. The third-order valence-corrected chi connectivity index (χ3v) is 22.4. The number of hydrogen-bond donors (Lipinski definition) is 0. The van der Waals surface area contributed by atoms with Crippen LogP contribution in [-0.4, -0.2) is 26.3 Å². The zero-order valence-corrected chi connectivity index (χ0v) is 46.3. The van der Waals surface area contributed by atoms with Crippen molar-refractivity contribution in [1.29, 1.82) is 0 Å². The first-order valence-electron chi connectivity index (χ1n) is 28.7. The molecule has 4 nitrogen and oxygen atoms in total. The summed E-state index contributed by atoms with van der Waals surface area (Å²) in [7, 11) is -2.87. The Bertz CT molecular complexity index is 5190. The Balaban J connectivity index is 0.919. The Labute approximate surface area is 480 Å². The zero-order valence-electron chi connectivity index (χ0n) is 45.3. The summed E-state index contributed by atoms with van der Waals surface area (Å²) < 4.78 is 9.93. The molecule has 4 aromatic heterocycles. The number of nitrogens with zero attached hydrogens (tertiary/aromatic N) is 4. The SMILES string of the molecule is c1ccc([Si](c2ccccc2)(c2ccccc2)c2cccc(-c3cc(-n4c5ccccc5c5ccccc54)cc(-n4c5ccccc5c5c(-n6c7ccccc7c7cc(-n8c9ccccc9c9ccccc98)ccc76)cccc54)c3)c2)cc1. The van der Waals surface area contributed by atoms with E-state index < -0.39 is 8.07 Å². The highest BCUT2D eigenvalue weighted by molar-refractivity contribution is 7.19. The molecule has 0 fully saturated rings. The van der Waals surface area contributed by atoms with E-state index in [-0.39, 0.29) is 0 Å². The van der Waals surface area contributed by atoms with Crippen molar-refractivity contribution < 1.29 is 0 Å². The number of hydrogen-bond acceptors (Lipinski definition) is 0. The topological polar surface area (TPSA) is 19.7 Å². The first-order chi connectivity index (χ1) is 41.2. The van der Waals surface area contributed by atoms with Crippen molar-refractivity contribution in [2.45, 2.75) is 0 Å². The number of aromatic nitrogens is 4. The summed E-state index contributed by atoms with van der Waals surface area (Å²) in [4.78, 5) is 0. The minimum absolute atomic E-state index is 1.09. The molecule has 0 amide bonds. The fourth-order valence-electron chi connectivity index (χ4n) is 14.2. The van der Waals surface area contributed by atoms with Crippen molar-refractivity contribution in [1.82, 2.24) is 18.3 Å². The molecule has 0 saturated carbocycles. The van der Waals surface area contributed by atoms with Gasteiger partial charge in [-0.3, -0.25) is 0 Å². The second-order valence-electron chi connectivity index (χ2n) is 22.0. The van der Waals surface area contributed by atoms with Gasteiger partial charge in [0.05, 0.1) is 49.8 Å². The van der Waals surface area contributed by atoms with Crippen LogP contribution in [0.2, 0.25) is 0 Å². The molecular formula is C78H52N4Si. The minimum atomic E-state index is -2.87. The van der Waals surface area contributed by atoms with Gasteiger partial charge in [0.25, 0.3) is 0 Å². The van der Waals surface area contributed by atoms with E-state index in [9.17, 15) is 0 Å². The summed E-state index contributed by atoms with van der Waals surface area (Å²) in [6.07, 6.45) is 0. The second kappa shape index (κ2) is 18.7. The molecular weight excluding hydrogens is 1020 g/mol. The van der Waals surface area contributed by atoms with Gasteiger partial charge in [-0.05, 0) is 117 Å². The van der Waals surface area contributed by atoms with E-state index in [1.807, 2.05) is 0 Å². The molecule has 0 unspecified atom stereocenters. The third kappa shape index (κ3) is 7.05. The standard InChI is InChI=1S/C78H52N4Si/c1-4-25-58(26-5-1)83(59-27-6-2-7-28-59,60-29-8-3-9-30-60)61-31-22-24-53(50-61)54-48-56(80-71-40-18-12-34-64(71)65-35-13-19-41-72(65)80)51-57(49-54)81-74-43-21-15-37-67(74)78-76(81)44-23-45-77(78)82-73-42-20-14-36-66(73)68-52-55(46-47-75(68)82)79-69-38-16-10-32-62(69)63-33-11-17-39-70(63)79/h1-52H. The van der Waals surface area contributed by atoms with Crippen LogP contribution in [0.15, 0.2) is 315 Å². The van der Waals surface area contributed by atoms with Crippen LogP contribution in [-0.2, 0) is 0 Å². The molecule has 0 atom stereocenters. The lowest BCUT2D eigenvalue weighted by Gasteiger charge is -2.34. The highest BCUT2D eigenvalue weighted by Gasteiger charge is 2.41. The maximum absolute atomic E-state index is 2.87. The molecule has 388 valence electrons. The summed E-state index contributed by atoms with van der Waals surface area (Å²) >= 11 is 0. The molecule has 0 spiro atoms. The first-order valence-corrected chi connectivity index (χ1v) is 30.7. The normalized spacial score (nSPS) is 12.1. The number of benzene rings is 13. The van der Waals surface area contributed by atoms with Crippen molar-refractivity contribution in [2.24, 2.45) is 0 Å². The van der Waals surface area contributed by atoms with Crippen LogP contribution in [0.5, 0.6) is 0 Å². The van der Waals surface area contributed by atoms with Crippen LogP contribution >= 0.6 is 0 Å². The molecule has 13 aromatic carbocycles. The molecule has 17 aromatic rings. The van der Waals surface area contributed by atoms with Crippen molar-refractivity contribution in [3.05, 3.63) is 315 Å². The lowest BCUT2D eigenvalue weighted by Crippen LogP contribution is -2.74. The van der Waals surface area contributed by atoms with Gasteiger partial charge in [0.1, 0.15) is 0 Å². The Morgan fingerprint density at radius 3 is 1.06 bits per heavy atom. The zero-order chi connectivity index (χ0) is 54.6. The molecule has 0 aliphatic carbocycles. The average Bonchev–Trinajstić information content (AvgIpc) is 2.47. The largest absolute Gasteiger partial charge is 0.309 e. The van der Waals surface area contributed by atoms with Gasteiger partial charge >= 0.3 is 0 Å². The molecule has 0 saturated heterocycles. The molecule has 0 radical (unpaired) electrons. The van der Waals surface area contributed by atoms with E-state index >= 15 is 0 Å². The van der Waals surface area contributed by atoms with Crippen LogP contribution in [0, 0.1) is 0 Å². The van der Waals surface area contributed by atoms with Crippen molar-refractivity contribution in [3.8, 4) is 33.9 Å². The fourth-order valence-corrected chi connectivity index (χ4v) is 19.0. The van der Waals surface area contributed by atoms with E-state index in [1.54, 1.807) is 0 Å². The van der Waals surface area contributed by atoms with Crippen LogP contribution in [0.25, 0.3) is 121 Å². The van der Waals surface area contributed by atoms with E-state index in [4.69, 9.17) is 0 Å². The van der Waals surface area contributed by atoms with Crippen LogP contribution < -0.4 is 20.7 Å². The monoisotopic (exact) mass is 1070 g/mol. The van der Waals surface area contributed by atoms with Crippen LogP contribution in [0.4, 0.5) is 0 Å². The summed E-state index contributed by atoms with van der Waals surface area (Å²) in [5, 5.41) is 15.2. The smallest absolute Gasteiger partial charge is 0.179 e. The second-order valence-corrected chi connectivity index (χ2v) is 25.8. The Kier molecular flexibility index (Phi) is 10.6. The van der Waals surface area contributed by atoms with Gasteiger partial charge in [-0.2, -0.15) is 0 Å². The molecule has 4 heterocycles. The predicted molar refractivity (Wildman–Crippen MR) is 353 cm³/mol. The molecule has 0 N–H and O–H groups in total. The highest BCUT2D eigenvalue weighted by atomic mass is 28.3. The molecule has 17 rings (SSSR count). The van der Waals surface area contributed by atoms with Crippen molar-refractivity contribution in [3.63, 3.8) is 0 Å². The predicted octanol–water partition coefficient (Wildman–Crippen LogP) is 17.1. The lowest BCUT2D eigenvalue weighted by molar-refractivity contribution is 1.13. The van der Waals surface area contributed by atoms with Gasteiger partial charge in [-0.15, -0.1) is 0 Å². The van der Waals surface area contributed by atoms with Gasteiger partial charge in [-0.25, -0.2) is 0 Å². The van der Waals surface area contributed by atoms with E-state index in [1.165, 1.54) is 91.4 Å². The van der Waals surface area contributed by atoms with Gasteiger partial charge < -0.3 is 18.3 Å². The summed E-state index contributed by atoms with van der Waals surface area (Å²) in [6.45, 7) is 0. The van der Waals surface area contributed by atoms with Gasteiger partial charge in [0, 0.05) is 60.2 Å². The van der Waals surface area contributed by atoms with Crippen LogP contribution in [0.3, 0.4) is 0 Å². The summed E-state index contributed by atoms with van der Waals surface area (Å²) in [5.74, 6) is 0. The van der Waals surface area contributed by atoms with E-state index in [2.05, 4.69) is 334 Å². The molecule has 0 aliphatic rings. The van der Waals surface area contributed by atoms with Crippen molar-refractivity contribution >= 4 is 116 Å². The van der Waals surface area contributed by atoms with E-state index in [0.29, 0.717) is 0 Å². The van der Waals surface area contributed by atoms with Crippen LogP contribution in [0.1, 0.15) is 0 Å². The summed E-state index contributed by atoms with van der Waals surface area (Å²) in [5.41, 5.74) is 16.1. The number of rotatable bonds is 9. The quantitative estimate of drug-likeness (QED) is 0.101. The highest BCUT2D eigenvalue weighted by Crippen LogP contribution is 2.43. The Hall–Kier alpha value is -10.7. The molecule has 0 bridgehead atoms. The number of para-hydroxylation sites is 6. The van der Waals surface area contributed by atoms with Gasteiger partial charge in [-0.1, -0.05) is 231 Å². The maximum Gasteiger partial charge on any atom is 0.179 e. The number of fused-ring (bicyclic) bond motifs is 12. The average molecular weight is 1070 g/mol. The van der Waals surface area contributed by atoms with Gasteiger partial charge in [0.15, 0.2) is 8.07 Å². The third-order valence-electron chi connectivity index (χ3n) is 17.7. The first kappa shape index (κ1) is 47.1. The maximum atomic E-state index is 2.52. The van der Waals surface area contributed by atoms with Crippen molar-refractivity contribution in [2.75, 3.05) is 0 Å². The van der Waals surface area contributed by atoms with E-state index in [0.717, 1.165) is 50.4 Å². The minimum Gasteiger partial charge on any atom is -0.309 e. The van der Waals surface area contributed by atoms with Gasteiger partial charge in [0.2, 0.25) is 0 Å². The summed E-state index contributed by atoms with van der Waals surface area (Å²) in [6, 6.07) is 118. The fraction of sp³-hybridized carbons (Fsp3) is 0. The molecule has 5 heteroatoms.